The van der Waals surface area contributed by atoms with E-state index in [1.54, 1.807) is 0 Å². The molecule has 0 saturated carbocycles. The van der Waals surface area contributed by atoms with E-state index in [0.717, 1.165) is 6.42 Å². The monoisotopic (exact) mass is 198 g/mol. The van der Waals surface area contributed by atoms with Crippen LogP contribution in [0.25, 0.3) is 10.8 Å². The summed E-state index contributed by atoms with van der Waals surface area (Å²) in [5, 5.41) is 2.54. The SMILES string of the molecule is CC(C)([NH])Cc1cccc2ccccc12. The van der Waals surface area contributed by atoms with E-state index in [-0.39, 0.29) is 0 Å². The van der Waals surface area contributed by atoms with E-state index >= 15 is 0 Å². The lowest BCUT2D eigenvalue weighted by atomic mass is 9.92. The Kier molecular flexibility index (Phi) is 2.49. The van der Waals surface area contributed by atoms with E-state index in [1.807, 2.05) is 13.8 Å². The van der Waals surface area contributed by atoms with E-state index in [2.05, 4.69) is 42.5 Å². The topological polar surface area (TPSA) is 23.8 Å². The van der Waals surface area contributed by atoms with Crippen molar-refractivity contribution in [1.82, 2.24) is 5.73 Å². The molecule has 15 heavy (non-hydrogen) atoms. The summed E-state index contributed by atoms with van der Waals surface area (Å²) >= 11 is 0. The third-order valence-corrected chi connectivity index (χ3v) is 2.51. The number of nitrogens with one attached hydrogen (secondary N) is 1. The first-order chi connectivity index (χ1) is 7.06. The lowest BCUT2D eigenvalue weighted by Gasteiger charge is -2.18. The quantitative estimate of drug-likeness (QED) is 0.706. The van der Waals surface area contributed by atoms with Gasteiger partial charge in [0.05, 0.1) is 0 Å². The van der Waals surface area contributed by atoms with Crippen LogP contribution in [0.2, 0.25) is 0 Å². The van der Waals surface area contributed by atoms with Crippen LogP contribution >= 0.6 is 0 Å². The Balaban J connectivity index is 2.52. The molecule has 1 radical (unpaired) electrons. The molecule has 0 atom stereocenters. The average Bonchev–Trinajstić information content (AvgIpc) is 2.16. The molecule has 1 heteroatoms. The minimum absolute atomic E-state index is 0.399. The maximum absolute atomic E-state index is 7.94. The molecule has 0 heterocycles. The maximum atomic E-state index is 7.94. The van der Waals surface area contributed by atoms with Crippen LogP contribution in [0, 0.1) is 0 Å². The second-order valence-corrected chi connectivity index (χ2v) is 4.70. The van der Waals surface area contributed by atoms with Gasteiger partial charge in [0.2, 0.25) is 0 Å². The Labute approximate surface area is 90.9 Å². The van der Waals surface area contributed by atoms with Crippen LogP contribution in [-0.2, 0) is 6.42 Å². The smallest absolute Gasteiger partial charge is 0.0308 e. The van der Waals surface area contributed by atoms with E-state index < -0.39 is 5.54 Å². The molecule has 0 aromatic heterocycles. The van der Waals surface area contributed by atoms with Gasteiger partial charge in [-0.25, -0.2) is 0 Å². The van der Waals surface area contributed by atoms with Gasteiger partial charge >= 0.3 is 0 Å². The molecule has 2 aromatic carbocycles. The lowest BCUT2D eigenvalue weighted by Crippen LogP contribution is -2.24. The highest BCUT2D eigenvalue weighted by Gasteiger charge is 2.13. The zero-order valence-corrected chi connectivity index (χ0v) is 9.25. The van der Waals surface area contributed by atoms with Gasteiger partial charge in [-0.05, 0) is 36.6 Å². The lowest BCUT2D eigenvalue weighted by molar-refractivity contribution is 0.499. The van der Waals surface area contributed by atoms with Crippen LogP contribution in [0.1, 0.15) is 19.4 Å². The molecule has 1 N–H and O–H groups in total. The molecular weight excluding hydrogens is 182 g/mol. The summed E-state index contributed by atoms with van der Waals surface area (Å²) < 4.78 is 0. The normalized spacial score (nSPS) is 11.9. The fraction of sp³-hybridized carbons (Fsp3) is 0.286. The summed E-state index contributed by atoms with van der Waals surface area (Å²) in [5.41, 5.74) is 8.82. The van der Waals surface area contributed by atoms with Crippen molar-refractivity contribution in [3.63, 3.8) is 0 Å². The Morgan fingerprint density at radius 3 is 2.40 bits per heavy atom. The molecule has 0 unspecified atom stereocenters. The molecule has 1 nitrogen and oxygen atoms in total. The van der Waals surface area contributed by atoms with Gasteiger partial charge in [0.25, 0.3) is 0 Å². The van der Waals surface area contributed by atoms with Gasteiger partial charge in [-0.1, -0.05) is 42.5 Å². The van der Waals surface area contributed by atoms with Gasteiger partial charge in [-0.3, -0.25) is 5.73 Å². The predicted molar refractivity (Wildman–Crippen MR) is 64.8 cm³/mol. The largest absolute Gasteiger partial charge is 0.251 e. The van der Waals surface area contributed by atoms with Gasteiger partial charge in [0, 0.05) is 5.54 Å². The van der Waals surface area contributed by atoms with Crippen LogP contribution in [0.5, 0.6) is 0 Å². The highest BCUT2D eigenvalue weighted by atomic mass is 14.7. The maximum Gasteiger partial charge on any atom is 0.0308 e. The van der Waals surface area contributed by atoms with Crippen molar-refractivity contribution in [1.29, 1.82) is 0 Å². The van der Waals surface area contributed by atoms with E-state index in [4.69, 9.17) is 5.73 Å². The molecule has 77 valence electrons. The molecule has 0 bridgehead atoms. The van der Waals surface area contributed by atoms with Crippen LogP contribution in [0.4, 0.5) is 0 Å². The van der Waals surface area contributed by atoms with Crippen LogP contribution in [0.3, 0.4) is 0 Å². The van der Waals surface area contributed by atoms with Crippen molar-refractivity contribution in [2.24, 2.45) is 0 Å². The van der Waals surface area contributed by atoms with E-state index in [9.17, 15) is 0 Å². The molecule has 2 aromatic rings. The second-order valence-electron chi connectivity index (χ2n) is 4.70. The Hall–Kier alpha value is -1.34. The number of hydrogen-bond acceptors (Lipinski definition) is 0. The van der Waals surface area contributed by atoms with Gasteiger partial charge in [0.15, 0.2) is 0 Å². The third-order valence-electron chi connectivity index (χ3n) is 2.51. The Morgan fingerprint density at radius 1 is 1.00 bits per heavy atom. The Bertz CT molecular complexity index is 461. The highest BCUT2D eigenvalue weighted by molar-refractivity contribution is 5.85. The molecular formula is C14H16N. The van der Waals surface area contributed by atoms with Gasteiger partial charge < -0.3 is 0 Å². The minimum Gasteiger partial charge on any atom is -0.251 e. The first-order valence-corrected chi connectivity index (χ1v) is 5.28. The minimum atomic E-state index is -0.399. The highest BCUT2D eigenvalue weighted by Crippen LogP contribution is 2.22. The van der Waals surface area contributed by atoms with Crippen LogP contribution < -0.4 is 5.73 Å². The zero-order valence-electron chi connectivity index (χ0n) is 9.25. The van der Waals surface area contributed by atoms with E-state index in [0.29, 0.717) is 0 Å². The first-order valence-electron chi connectivity index (χ1n) is 5.28. The molecule has 0 aliphatic rings. The summed E-state index contributed by atoms with van der Waals surface area (Å²) in [6.45, 7) is 3.91. The molecule has 2 rings (SSSR count). The average molecular weight is 198 g/mol. The van der Waals surface area contributed by atoms with Crippen molar-refractivity contribution < 1.29 is 0 Å². The number of benzene rings is 2. The van der Waals surface area contributed by atoms with Crippen molar-refractivity contribution >= 4 is 10.8 Å². The predicted octanol–water partition coefficient (Wildman–Crippen LogP) is 3.44. The van der Waals surface area contributed by atoms with Crippen molar-refractivity contribution in [2.75, 3.05) is 0 Å². The summed E-state index contributed by atoms with van der Waals surface area (Å²) in [4.78, 5) is 0. The van der Waals surface area contributed by atoms with Gasteiger partial charge in [-0.15, -0.1) is 0 Å². The van der Waals surface area contributed by atoms with E-state index in [1.165, 1.54) is 16.3 Å². The molecule has 0 spiro atoms. The van der Waals surface area contributed by atoms with Crippen molar-refractivity contribution in [3.8, 4) is 0 Å². The fourth-order valence-corrected chi connectivity index (χ4v) is 1.92. The summed E-state index contributed by atoms with van der Waals surface area (Å²) in [6.07, 6.45) is 0.800. The summed E-state index contributed by atoms with van der Waals surface area (Å²) in [7, 11) is 0. The van der Waals surface area contributed by atoms with Crippen molar-refractivity contribution in [3.05, 3.63) is 48.0 Å². The molecule has 0 saturated heterocycles. The number of fused-ring (bicyclic) bond motifs is 1. The first kappa shape index (κ1) is 10.2. The molecule has 0 amide bonds. The molecule has 0 aliphatic heterocycles. The Morgan fingerprint density at radius 2 is 1.67 bits per heavy atom. The number of rotatable bonds is 2. The molecule has 0 aliphatic carbocycles. The standard InChI is InChI=1S/C14H16N/c1-14(2,15)10-12-8-5-7-11-6-3-4-9-13(11)12/h3-9,15H,10H2,1-2H3. The molecule has 0 fully saturated rings. The second kappa shape index (κ2) is 3.67. The zero-order chi connectivity index (χ0) is 10.9. The third kappa shape index (κ3) is 2.37. The van der Waals surface area contributed by atoms with Crippen LogP contribution in [-0.4, -0.2) is 5.54 Å². The summed E-state index contributed by atoms with van der Waals surface area (Å²) in [6, 6.07) is 14.7. The number of hydrogen-bond donors (Lipinski definition) is 0. The van der Waals surface area contributed by atoms with Gasteiger partial charge in [0.1, 0.15) is 0 Å². The van der Waals surface area contributed by atoms with Gasteiger partial charge in [-0.2, -0.15) is 0 Å². The van der Waals surface area contributed by atoms with Crippen molar-refractivity contribution in [2.45, 2.75) is 25.8 Å². The summed E-state index contributed by atoms with van der Waals surface area (Å²) in [5.74, 6) is 0. The fourth-order valence-electron chi connectivity index (χ4n) is 1.92. The van der Waals surface area contributed by atoms with Crippen LogP contribution in [0.15, 0.2) is 42.5 Å².